The maximum Gasteiger partial charge on any atom is 0.123 e. The van der Waals surface area contributed by atoms with Crippen LogP contribution in [0.1, 0.15) is 56.2 Å². The third-order valence-corrected chi connectivity index (χ3v) is 11.0. The van der Waals surface area contributed by atoms with Crippen molar-refractivity contribution in [3.63, 3.8) is 0 Å². The number of hydrogen-bond acceptors (Lipinski definition) is 3. The number of pyridine rings is 2. The Kier molecular flexibility index (Phi) is 11.4. The number of halogens is 1. The smallest absolute Gasteiger partial charge is 0.123 e. The van der Waals surface area contributed by atoms with Gasteiger partial charge in [0.2, 0.25) is 0 Å². The van der Waals surface area contributed by atoms with E-state index in [1.165, 1.54) is 34.0 Å². The van der Waals surface area contributed by atoms with Crippen molar-refractivity contribution in [2.24, 2.45) is 0 Å². The summed E-state index contributed by atoms with van der Waals surface area (Å²) in [6, 6.07) is 35.6. The molecular formula is C44H43FIrN2OSi-2. The van der Waals surface area contributed by atoms with Crippen LogP contribution in [0.3, 0.4) is 0 Å². The summed E-state index contributed by atoms with van der Waals surface area (Å²) in [5.41, 5.74) is 11.3. The second kappa shape index (κ2) is 15.3. The second-order valence-electron chi connectivity index (χ2n) is 14.3. The van der Waals surface area contributed by atoms with Crippen LogP contribution in [-0.4, -0.2) is 18.0 Å². The first-order valence-corrected chi connectivity index (χ1v) is 20.5. The van der Waals surface area contributed by atoms with E-state index in [2.05, 4.69) is 107 Å². The van der Waals surface area contributed by atoms with Crippen LogP contribution >= 0.6 is 0 Å². The number of fused-ring (bicyclic) bond motifs is 3. The van der Waals surface area contributed by atoms with Gasteiger partial charge >= 0.3 is 0 Å². The van der Waals surface area contributed by atoms with Crippen LogP contribution in [0.4, 0.5) is 4.39 Å². The summed E-state index contributed by atoms with van der Waals surface area (Å²) in [6.07, 6.45) is 4.02. The monoisotopic (exact) mass is 855 g/mol. The van der Waals surface area contributed by atoms with E-state index in [9.17, 15) is 4.39 Å². The van der Waals surface area contributed by atoms with Crippen molar-refractivity contribution in [3.05, 3.63) is 138 Å². The van der Waals surface area contributed by atoms with Gasteiger partial charge < -0.3 is 14.4 Å². The fourth-order valence-corrected chi connectivity index (χ4v) is 8.01. The van der Waals surface area contributed by atoms with E-state index in [0.29, 0.717) is 11.8 Å². The number of rotatable bonds is 6. The van der Waals surface area contributed by atoms with Crippen molar-refractivity contribution in [2.75, 3.05) is 0 Å². The molecule has 0 atom stereocenters. The number of hydrogen-bond donors (Lipinski definition) is 0. The van der Waals surface area contributed by atoms with Crippen LogP contribution in [0.25, 0.3) is 55.6 Å². The van der Waals surface area contributed by atoms with Crippen LogP contribution in [0.15, 0.2) is 108 Å². The summed E-state index contributed by atoms with van der Waals surface area (Å²) in [5, 5.41) is 3.56. The predicted molar refractivity (Wildman–Crippen MR) is 206 cm³/mol. The summed E-state index contributed by atoms with van der Waals surface area (Å²) in [4.78, 5) is 9.32. The molecule has 0 bridgehead atoms. The Morgan fingerprint density at radius 3 is 2.04 bits per heavy atom. The topological polar surface area (TPSA) is 38.9 Å². The average Bonchev–Trinajstić information content (AvgIpc) is 3.47. The third kappa shape index (κ3) is 7.89. The van der Waals surface area contributed by atoms with Gasteiger partial charge in [0.1, 0.15) is 11.4 Å². The van der Waals surface area contributed by atoms with E-state index in [0.717, 1.165) is 55.6 Å². The molecule has 0 spiro atoms. The van der Waals surface area contributed by atoms with Gasteiger partial charge in [-0.1, -0.05) is 100 Å². The molecule has 7 rings (SSSR count). The number of nitrogens with zero attached hydrogens (tertiary/aromatic N) is 2. The minimum Gasteiger partial charge on any atom is -0.501 e. The average molecular weight is 855 g/mol. The normalized spacial score (nSPS) is 11.5. The molecule has 0 aliphatic rings. The van der Waals surface area contributed by atoms with Crippen LogP contribution < -0.4 is 5.19 Å². The fourth-order valence-electron chi connectivity index (χ4n) is 6.33. The summed E-state index contributed by atoms with van der Waals surface area (Å²) in [6.45, 7) is 18.1. The Hall–Kier alpha value is -4.22. The van der Waals surface area contributed by atoms with E-state index in [1.54, 1.807) is 12.1 Å². The Balaban J connectivity index is 0.000000211. The number of aryl methyl sites for hydroxylation is 1. The Morgan fingerprint density at radius 2 is 1.38 bits per heavy atom. The van der Waals surface area contributed by atoms with Crippen molar-refractivity contribution in [3.8, 4) is 33.6 Å². The molecule has 3 nitrogen and oxygen atoms in total. The molecule has 0 aliphatic carbocycles. The quantitative estimate of drug-likeness (QED) is 0.124. The van der Waals surface area contributed by atoms with E-state index in [4.69, 9.17) is 4.42 Å². The molecule has 1 radical (unpaired) electrons. The molecule has 0 saturated heterocycles. The Labute approximate surface area is 310 Å². The third-order valence-electron chi connectivity index (χ3n) is 8.98. The predicted octanol–water partition coefficient (Wildman–Crippen LogP) is 11.9. The maximum absolute atomic E-state index is 13.3. The molecule has 7 aromatic rings. The van der Waals surface area contributed by atoms with Gasteiger partial charge in [0, 0.05) is 37.9 Å². The number of benzene rings is 4. The van der Waals surface area contributed by atoms with Crippen LogP contribution in [0.2, 0.25) is 19.6 Å². The van der Waals surface area contributed by atoms with E-state index in [1.807, 2.05) is 48.7 Å². The van der Waals surface area contributed by atoms with Crippen molar-refractivity contribution >= 4 is 35.2 Å². The fraction of sp³-hybridized carbons (Fsp3) is 0.227. The molecule has 0 aliphatic heterocycles. The number of furan rings is 1. The summed E-state index contributed by atoms with van der Waals surface area (Å²) >= 11 is 0. The van der Waals surface area contributed by atoms with Crippen LogP contribution in [0, 0.1) is 24.9 Å². The molecule has 3 aromatic heterocycles. The zero-order chi connectivity index (χ0) is 34.9. The van der Waals surface area contributed by atoms with E-state index >= 15 is 0 Å². The molecule has 0 unspecified atom stereocenters. The van der Waals surface area contributed by atoms with E-state index < -0.39 is 8.07 Å². The van der Waals surface area contributed by atoms with Gasteiger partial charge in [0.25, 0.3) is 0 Å². The molecular weight excluding hydrogens is 812 g/mol. The first-order chi connectivity index (χ1) is 23.4. The van der Waals surface area contributed by atoms with Gasteiger partial charge in [-0.05, 0) is 75.8 Å². The van der Waals surface area contributed by atoms with Gasteiger partial charge in [-0.3, -0.25) is 0 Å². The minimum atomic E-state index is -1.34. The van der Waals surface area contributed by atoms with Crippen molar-refractivity contribution in [1.82, 2.24) is 9.97 Å². The first kappa shape index (κ1) is 37.0. The zero-order valence-electron chi connectivity index (χ0n) is 30.0. The SMILES string of the molecule is CC(C)c1cc(-c2[c-]cccc2)ncc1[Si](C)(C)C.Cc1cnc(-c2[c-]ccc3c2oc2cc(-c4ccc(F)cc4)ccc23)cc1C(C)C.[Ir]. The van der Waals surface area contributed by atoms with Gasteiger partial charge in [0.05, 0.1) is 13.7 Å². The molecule has 0 N–H and O–H groups in total. The number of aromatic nitrogens is 2. The van der Waals surface area contributed by atoms with Crippen molar-refractivity contribution in [2.45, 2.75) is 66.1 Å². The molecule has 4 aromatic carbocycles. The van der Waals surface area contributed by atoms with Gasteiger partial charge in [-0.2, -0.15) is 0 Å². The van der Waals surface area contributed by atoms with Gasteiger partial charge in [-0.25, -0.2) is 4.39 Å². The summed E-state index contributed by atoms with van der Waals surface area (Å²) in [7, 11) is -1.34. The van der Waals surface area contributed by atoms with Gasteiger partial charge in [0.15, 0.2) is 0 Å². The molecule has 6 heteroatoms. The molecule has 0 saturated carbocycles. The van der Waals surface area contributed by atoms with Crippen molar-refractivity contribution < 1.29 is 28.9 Å². The summed E-state index contributed by atoms with van der Waals surface area (Å²) < 4.78 is 19.6. The second-order valence-corrected chi connectivity index (χ2v) is 19.4. The maximum atomic E-state index is 13.3. The Bertz CT molecular complexity index is 2240. The summed E-state index contributed by atoms with van der Waals surface area (Å²) in [5.74, 6) is 0.710. The van der Waals surface area contributed by atoms with Crippen LogP contribution in [0.5, 0.6) is 0 Å². The Morgan fingerprint density at radius 1 is 0.700 bits per heavy atom. The van der Waals surface area contributed by atoms with Crippen molar-refractivity contribution in [1.29, 1.82) is 0 Å². The molecule has 0 amide bonds. The zero-order valence-corrected chi connectivity index (χ0v) is 33.4. The molecule has 257 valence electrons. The molecule has 0 fully saturated rings. The molecule has 3 heterocycles. The van der Waals surface area contributed by atoms with Crippen LogP contribution in [-0.2, 0) is 20.1 Å². The molecule has 50 heavy (non-hydrogen) atoms. The van der Waals surface area contributed by atoms with E-state index in [-0.39, 0.29) is 25.9 Å². The van der Waals surface area contributed by atoms with Gasteiger partial charge in [-0.15, -0.1) is 54.1 Å². The first-order valence-electron chi connectivity index (χ1n) is 17.0. The largest absolute Gasteiger partial charge is 0.501 e. The minimum absolute atomic E-state index is 0. The standard InChI is InChI=1S/C27H21FNO.C17H22NSi.Ir/c1-16(2)24-14-25(29-15-17(24)3)23-6-4-5-22-21-12-9-19(13-26(21)30-27(22)23)18-7-10-20(28)11-8-18;1-13(2)15-11-16(14-9-7-6-8-10-14)18-12-17(15)19(3,4)5;/h4-5,7-16H,1-3H3;6-9,11-13H,1-5H3;/q2*-1;.